The van der Waals surface area contributed by atoms with Crippen molar-refractivity contribution in [3.63, 3.8) is 0 Å². The lowest BCUT2D eigenvalue weighted by atomic mass is 10.1. The maximum atomic E-state index is 12.8. The lowest BCUT2D eigenvalue weighted by Crippen LogP contribution is -2.25. The molecule has 0 bridgehead atoms. The van der Waals surface area contributed by atoms with E-state index in [2.05, 4.69) is 24.6 Å². The molecule has 142 valence electrons. The number of Topliss-reactive ketones (excluding diaryl/α,β-unsaturated/α-hetero) is 1. The quantitative estimate of drug-likeness (QED) is 0.479. The molecule has 3 aromatic heterocycles. The average molecular weight is 404 g/mol. The van der Waals surface area contributed by atoms with Crippen LogP contribution in [-0.4, -0.2) is 30.5 Å². The number of carbonyl (C=O) groups excluding carboxylic acids is 1. The van der Waals surface area contributed by atoms with Crippen molar-refractivity contribution >= 4 is 17.1 Å². The van der Waals surface area contributed by atoms with Crippen LogP contribution in [0.2, 0.25) is 0 Å². The van der Waals surface area contributed by atoms with Gasteiger partial charge in [-0.25, -0.2) is 24.3 Å². The fraction of sp³-hybridized carbons (Fsp3) is 0.105. The molecule has 3 heterocycles. The van der Waals surface area contributed by atoms with Crippen LogP contribution >= 0.6 is 11.3 Å². The first kappa shape index (κ1) is 18.4. The zero-order chi connectivity index (χ0) is 20.2. The number of hydrogen-bond acceptors (Lipinski definition) is 9. The summed E-state index contributed by atoms with van der Waals surface area (Å²) < 4.78 is 5.67. The van der Waals surface area contributed by atoms with Gasteiger partial charge in [0.05, 0.1) is 18.3 Å². The van der Waals surface area contributed by atoms with E-state index >= 15 is 0 Å². The highest BCUT2D eigenvalue weighted by molar-refractivity contribution is 7.10. The van der Waals surface area contributed by atoms with Crippen molar-refractivity contribution in [3.05, 3.63) is 69.7 Å². The number of thiazole rings is 1. The Labute approximate surface area is 167 Å². The Kier molecular flexibility index (Phi) is 5.05. The predicted molar refractivity (Wildman–Crippen MR) is 103 cm³/mol. The molecule has 4 aromatic rings. The van der Waals surface area contributed by atoms with Gasteiger partial charge in [0.1, 0.15) is 5.01 Å². The van der Waals surface area contributed by atoms with Crippen molar-refractivity contribution in [2.24, 2.45) is 0 Å². The van der Waals surface area contributed by atoms with Crippen LogP contribution in [0.15, 0.2) is 63.5 Å². The Bertz CT molecular complexity index is 1240. The zero-order valence-corrected chi connectivity index (χ0v) is 15.6. The minimum Gasteiger partial charge on any atom is -0.296 e. The largest absolute Gasteiger partial charge is 0.442 e. The highest BCUT2D eigenvalue weighted by atomic mass is 32.1. The van der Waals surface area contributed by atoms with Crippen molar-refractivity contribution in [1.82, 2.24) is 24.7 Å². The van der Waals surface area contributed by atoms with E-state index in [4.69, 9.17) is 0 Å². The molecular weight excluding hydrogens is 392 g/mol. The maximum absolute atomic E-state index is 12.8. The van der Waals surface area contributed by atoms with E-state index in [9.17, 15) is 14.9 Å². The molecule has 9 nitrogen and oxygen atoms in total. The van der Waals surface area contributed by atoms with Gasteiger partial charge in [0.25, 0.3) is 0 Å². The van der Waals surface area contributed by atoms with Gasteiger partial charge in [-0.1, -0.05) is 35.5 Å². The van der Waals surface area contributed by atoms with Crippen LogP contribution in [0.4, 0.5) is 0 Å². The molecule has 1 unspecified atom stereocenters. The molecule has 0 aliphatic heterocycles. The summed E-state index contributed by atoms with van der Waals surface area (Å²) in [5, 5.41) is 15.4. The fourth-order valence-corrected chi connectivity index (χ4v) is 3.55. The summed E-state index contributed by atoms with van der Waals surface area (Å²) >= 11 is 1.22. The SMILES string of the molecule is N#CC(C(=O)Cn1c(-c2ncccn2)noc1=O)c1nc(-c2ccccc2)cs1. The first-order valence-corrected chi connectivity index (χ1v) is 9.32. The van der Waals surface area contributed by atoms with Crippen LogP contribution in [0.25, 0.3) is 22.9 Å². The highest BCUT2D eigenvalue weighted by Crippen LogP contribution is 2.27. The normalized spacial score (nSPS) is 11.7. The van der Waals surface area contributed by atoms with E-state index in [-0.39, 0.29) is 11.6 Å². The topological polar surface area (TPSA) is 128 Å². The van der Waals surface area contributed by atoms with E-state index in [1.54, 1.807) is 11.4 Å². The van der Waals surface area contributed by atoms with Crippen molar-refractivity contribution in [1.29, 1.82) is 5.26 Å². The second-order valence-corrected chi connectivity index (χ2v) is 6.79. The van der Waals surface area contributed by atoms with E-state index in [1.165, 1.54) is 23.7 Å². The molecule has 0 aliphatic carbocycles. The summed E-state index contributed by atoms with van der Waals surface area (Å²) in [7, 11) is 0. The van der Waals surface area contributed by atoms with Crippen molar-refractivity contribution in [2.75, 3.05) is 0 Å². The van der Waals surface area contributed by atoms with Gasteiger partial charge < -0.3 is 0 Å². The summed E-state index contributed by atoms with van der Waals surface area (Å²) in [6, 6.07) is 13.0. The number of hydrogen-bond donors (Lipinski definition) is 0. The lowest BCUT2D eigenvalue weighted by Gasteiger charge is -2.06. The van der Waals surface area contributed by atoms with Gasteiger partial charge in [0.15, 0.2) is 17.5 Å². The molecule has 10 heteroatoms. The molecule has 0 amide bonds. The average Bonchev–Trinajstić information content (AvgIpc) is 3.38. The highest BCUT2D eigenvalue weighted by Gasteiger charge is 2.27. The number of carbonyl (C=O) groups is 1. The van der Waals surface area contributed by atoms with Crippen LogP contribution < -0.4 is 5.76 Å². The Morgan fingerprint density at radius 3 is 2.69 bits per heavy atom. The van der Waals surface area contributed by atoms with E-state index in [0.717, 1.165) is 10.1 Å². The Morgan fingerprint density at radius 1 is 1.21 bits per heavy atom. The van der Waals surface area contributed by atoms with Crippen molar-refractivity contribution in [3.8, 4) is 29.0 Å². The maximum Gasteiger partial charge on any atom is 0.442 e. The molecule has 0 fully saturated rings. The standard InChI is InChI=1S/C19H12N6O3S/c20-9-13(18-23-14(11-29-18)12-5-2-1-3-6-12)15(26)10-25-17(24-28-19(25)27)16-21-7-4-8-22-16/h1-8,11,13H,10H2. The summed E-state index contributed by atoms with van der Waals surface area (Å²) in [4.78, 5) is 37.3. The van der Waals surface area contributed by atoms with E-state index < -0.39 is 24.0 Å². The van der Waals surface area contributed by atoms with Gasteiger partial charge in [-0.05, 0) is 6.07 Å². The van der Waals surface area contributed by atoms with Gasteiger partial charge in [-0.15, -0.1) is 11.3 Å². The predicted octanol–water partition coefficient (Wildman–Crippen LogP) is 2.29. The third-order valence-electron chi connectivity index (χ3n) is 4.06. The Morgan fingerprint density at radius 2 is 1.97 bits per heavy atom. The molecular formula is C19H12N6O3S. The smallest absolute Gasteiger partial charge is 0.296 e. The summed E-state index contributed by atoms with van der Waals surface area (Å²) in [6.45, 7) is -0.408. The number of ketones is 1. The Hall–Kier alpha value is -3.97. The summed E-state index contributed by atoms with van der Waals surface area (Å²) in [6.07, 6.45) is 2.96. The minimum atomic E-state index is -1.12. The molecule has 1 aromatic carbocycles. The summed E-state index contributed by atoms with van der Waals surface area (Å²) in [5.41, 5.74) is 1.57. The van der Waals surface area contributed by atoms with Gasteiger partial charge in [0, 0.05) is 23.3 Å². The second kappa shape index (κ2) is 7.95. The molecule has 0 spiro atoms. The van der Waals surface area contributed by atoms with Crippen molar-refractivity contribution in [2.45, 2.75) is 12.5 Å². The van der Waals surface area contributed by atoms with Crippen LogP contribution in [0.1, 0.15) is 10.9 Å². The molecule has 0 aliphatic rings. The Balaban J connectivity index is 1.61. The second-order valence-electron chi connectivity index (χ2n) is 5.90. The number of benzene rings is 1. The number of nitriles is 1. The molecule has 0 radical (unpaired) electrons. The van der Waals surface area contributed by atoms with Crippen LogP contribution in [-0.2, 0) is 11.3 Å². The molecule has 0 N–H and O–H groups in total. The van der Waals surface area contributed by atoms with E-state index in [0.29, 0.717) is 10.7 Å². The number of rotatable bonds is 6. The lowest BCUT2D eigenvalue weighted by molar-refractivity contribution is -0.120. The third kappa shape index (κ3) is 3.71. The third-order valence-corrected chi connectivity index (χ3v) is 4.97. The van der Waals surface area contributed by atoms with Crippen molar-refractivity contribution < 1.29 is 9.32 Å². The van der Waals surface area contributed by atoms with Gasteiger partial charge in [0.2, 0.25) is 5.82 Å². The fourth-order valence-electron chi connectivity index (χ4n) is 2.66. The zero-order valence-electron chi connectivity index (χ0n) is 14.8. The minimum absolute atomic E-state index is 0.0183. The van der Waals surface area contributed by atoms with Gasteiger partial charge in [-0.3, -0.25) is 9.32 Å². The molecule has 0 saturated carbocycles. The molecule has 29 heavy (non-hydrogen) atoms. The van der Waals surface area contributed by atoms with Crippen LogP contribution in [0.3, 0.4) is 0 Å². The monoisotopic (exact) mass is 404 g/mol. The molecule has 0 saturated heterocycles. The molecule has 4 rings (SSSR count). The number of aromatic nitrogens is 5. The van der Waals surface area contributed by atoms with Gasteiger partial charge >= 0.3 is 5.76 Å². The molecule has 1 atom stereocenters. The first-order chi connectivity index (χ1) is 14.2. The van der Waals surface area contributed by atoms with Crippen LogP contribution in [0.5, 0.6) is 0 Å². The van der Waals surface area contributed by atoms with E-state index in [1.807, 2.05) is 36.4 Å². The summed E-state index contributed by atoms with van der Waals surface area (Å²) in [5.74, 6) is -2.31. The first-order valence-electron chi connectivity index (χ1n) is 8.44. The van der Waals surface area contributed by atoms with Crippen LogP contribution in [0, 0.1) is 11.3 Å². The van der Waals surface area contributed by atoms with Gasteiger partial charge in [-0.2, -0.15) is 5.26 Å². The number of nitrogens with zero attached hydrogens (tertiary/aromatic N) is 6.